The molecule has 1 saturated heterocycles. The van der Waals surface area contributed by atoms with Crippen LogP contribution in [0, 0.1) is 0 Å². The van der Waals surface area contributed by atoms with Gasteiger partial charge in [0.2, 0.25) is 0 Å². The number of pyridine rings is 3. The lowest BCUT2D eigenvalue weighted by atomic mass is 9.92. The average molecular weight is 378 g/mol. The summed E-state index contributed by atoms with van der Waals surface area (Å²) in [5, 5.41) is 1.03. The zero-order valence-electron chi connectivity index (χ0n) is 16.0. The summed E-state index contributed by atoms with van der Waals surface area (Å²) in [6.45, 7) is 1.27. The largest absolute Gasteiger partial charge is 0.496 e. The maximum absolute atomic E-state index is 13.0. The number of fused-ring (bicyclic) bond motifs is 1. The molecule has 1 amide bonds. The van der Waals surface area contributed by atoms with Crippen molar-refractivity contribution in [2.24, 2.45) is 7.05 Å². The van der Waals surface area contributed by atoms with Crippen LogP contribution in [0.4, 0.5) is 0 Å². The number of amides is 1. The van der Waals surface area contributed by atoms with Crippen molar-refractivity contribution in [2.45, 2.75) is 18.8 Å². The number of carbonyl (C=O) groups is 1. The van der Waals surface area contributed by atoms with Crippen LogP contribution in [0.25, 0.3) is 11.0 Å². The number of carbonyl (C=O) groups excluding carboxylic acids is 1. The molecule has 1 fully saturated rings. The van der Waals surface area contributed by atoms with Crippen molar-refractivity contribution in [3.63, 3.8) is 0 Å². The Bertz CT molecular complexity index is 1080. The van der Waals surface area contributed by atoms with E-state index in [1.807, 2.05) is 17.0 Å². The third-order valence-electron chi connectivity index (χ3n) is 5.33. The lowest BCUT2D eigenvalue weighted by Crippen LogP contribution is -2.38. The van der Waals surface area contributed by atoms with Crippen molar-refractivity contribution in [2.75, 3.05) is 20.2 Å². The number of likely N-dealkylation sites (tertiary alicyclic amines) is 1. The van der Waals surface area contributed by atoms with E-state index in [0.29, 0.717) is 30.3 Å². The third-order valence-corrected chi connectivity index (χ3v) is 5.33. The van der Waals surface area contributed by atoms with Crippen LogP contribution in [0.1, 0.15) is 34.8 Å². The van der Waals surface area contributed by atoms with E-state index in [1.165, 1.54) is 17.7 Å². The second-order valence-electron chi connectivity index (χ2n) is 7.06. The van der Waals surface area contributed by atoms with Crippen molar-refractivity contribution in [1.29, 1.82) is 0 Å². The van der Waals surface area contributed by atoms with Gasteiger partial charge in [0.25, 0.3) is 11.5 Å². The fraction of sp³-hybridized carbons (Fsp3) is 0.333. The van der Waals surface area contributed by atoms with Crippen molar-refractivity contribution < 1.29 is 9.53 Å². The Kier molecular flexibility index (Phi) is 4.81. The van der Waals surface area contributed by atoms with Gasteiger partial charge in [-0.05, 0) is 37.1 Å². The quantitative estimate of drug-likeness (QED) is 0.699. The Morgan fingerprint density at radius 2 is 2.00 bits per heavy atom. The monoisotopic (exact) mass is 378 g/mol. The van der Waals surface area contributed by atoms with Gasteiger partial charge < -0.3 is 14.2 Å². The molecule has 0 aromatic carbocycles. The molecule has 0 unspecified atom stereocenters. The fourth-order valence-electron chi connectivity index (χ4n) is 3.69. The molecular formula is C21H22N4O3. The van der Waals surface area contributed by atoms with Crippen molar-refractivity contribution >= 4 is 16.9 Å². The Balaban J connectivity index is 1.50. The van der Waals surface area contributed by atoms with E-state index in [2.05, 4.69) is 17.1 Å². The standard InChI is InChI=1S/C21H22N4O3/c1-24-13-16(18(28-2)12-19(24)26)21(27)25-10-7-14(8-11-25)17-6-5-15-4-3-9-22-20(15)23-17/h3-6,9,12-14H,7-8,10-11H2,1-2H3. The van der Waals surface area contributed by atoms with Gasteiger partial charge in [0.1, 0.15) is 5.75 Å². The molecule has 0 atom stereocenters. The molecule has 4 heterocycles. The molecule has 7 heteroatoms. The highest BCUT2D eigenvalue weighted by Crippen LogP contribution is 2.29. The smallest absolute Gasteiger partial charge is 0.259 e. The molecule has 0 N–H and O–H groups in total. The molecule has 28 heavy (non-hydrogen) atoms. The lowest BCUT2D eigenvalue weighted by Gasteiger charge is -2.32. The van der Waals surface area contributed by atoms with Crippen LogP contribution in [0.2, 0.25) is 0 Å². The highest BCUT2D eigenvalue weighted by atomic mass is 16.5. The van der Waals surface area contributed by atoms with Gasteiger partial charge >= 0.3 is 0 Å². The number of hydrogen-bond donors (Lipinski definition) is 0. The van der Waals surface area contributed by atoms with Gasteiger partial charge in [0.05, 0.1) is 12.7 Å². The molecule has 0 aliphatic carbocycles. The number of nitrogens with zero attached hydrogens (tertiary/aromatic N) is 4. The molecule has 0 radical (unpaired) electrons. The number of aryl methyl sites for hydroxylation is 1. The number of methoxy groups -OCH3 is 1. The Morgan fingerprint density at radius 3 is 2.75 bits per heavy atom. The molecule has 3 aromatic heterocycles. The number of ether oxygens (including phenoxy) is 1. The van der Waals surface area contributed by atoms with Gasteiger partial charge in [-0.3, -0.25) is 9.59 Å². The zero-order chi connectivity index (χ0) is 19.7. The van der Waals surface area contributed by atoms with Crippen molar-refractivity contribution in [3.05, 3.63) is 64.3 Å². The summed E-state index contributed by atoms with van der Waals surface area (Å²) in [5.41, 5.74) is 1.99. The molecule has 1 aliphatic heterocycles. The van der Waals surface area contributed by atoms with E-state index in [0.717, 1.165) is 29.6 Å². The highest BCUT2D eigenvalue weighted by molar-refractivity contribution is 5.96. The molecule has 4 rings (SSSR count). The lowest BCUT2D eigenvalue weighted by molar-refractivity contribution is 0.0707. The minimum absolute atomic E-state index is 0.112. The molecule has 0 saturated carbocycles. The van der Waals surface area contributed by atoms with Crippen LogP contribution >= 0.6 is 0 Å². The maximum atomic E-state index is 13.0. The maximum Gasteiger partial charge on any atom is 0.259 e. The summed E-state index contributed by atoms with van der Waals surface area (Å²) >= 11 is 0. The second kappa shape index (κ2) is 7.42. The highest BCUT2D eigenvalue weighted by Gasteiger charge is 2.27. The molecule has 144 valence electrons. The van der Waals surface area contributed by atoms with E-state index in [9.17, 15) is 9.59 Å². The molecule has 0 spiro atoms. The summed E-state index contributed by atoms with van der Waals surface area (Å²) < 4.78 is 6.64. The van der Waals surface area contributed by atoms with Crippen LogP contribution in [0.3, 0.4) is 0 Å². The predicted molar refractivity (Wildman–Crippen MR) is 106 cm³/mol. The SMILES string of the molecule is COc1cc(=O)n(C)cc1C(=O)N1CCC(c2ccc3cccnc3n2)CC1. The zero-order valence-corrected chi connectivity index (χ0v) is 16.0. The van der Waals surface area contributed by atoms with E-state index in [-0.39, 0.29) is 11.5 Å². The van der Waals surface area contributed by atoms with Gasteiger partial charge in [-0.25, -0.2) is 9.97 Å². The van der Waals surface area contributed by atoms with Crippen LogP contribution < -0.4 is 10.3 Å². The minimum Gasteiger partial charge on any atom is -0.496 e. The van der Waals surface area contributed by atoms with Crippen LogP contribution in [-0.2, 0) is 7.05 Å². The van der Waals surface area contributed by atoms with Crippen LogP contribution in [-0.4, -0.2) is 45.5 Å². The predicted octanol–water partition coefficient (Wildman–Crippen LogP) is 2.36. The van der Waals surface area contributed by atoms with Crippen LogP contribution in [0.15, 0.2) is 47.5 Å². The number of rotatable bonds is 3. The van der Waals surface area contributed by atoms with E-state index < -0.39 is 0 Å². The van der Waals surface area contributed by atoms with E-state index in [1.54, 1.807) is 19.4 Å². The molecule has 0 bridgehead atoms. The first kappa shape index (κ1) is 18.2. The second-order valence-corrected chi connectivity index (χ2v) is 7.06. The number of piperidine rings is 1. The first-order valence-corrected chi connectivity index (χ1v) is 9.32. The van der Waals surface area contributed by atoms with E-state index in [4.69, 9.17) is 9.72 Å². The average Bonchev–Trinajstić information content (AvgIpc) is 2.74. The minimum atomic E-state index is -0.205. The molecular weight excluding hydrogens is 356 g/mol. The molecule has 7 nitrogen and oxygen atoms in total. The molecule has 3 aromatic rings. The Hall–Kier alpha value is -3.22. The summed E-state index contributed by atoms with van der Waals surface area (Å²) in [5.74, 6) is 0.508. The first-order chi connectivity index (χ1) is 13.6. The summed E-state index contributed by atoms with van der Waals surface area (Å²) in [7, 11) is 3.10. The number of aromatic nitrogens is 3. The Labute approximate surface area is 162 Å². The van der Waals surface area contributed by atoms with Gasteiger partial charge in [0.15, 0.2) is 5.65 Å². The van der Waals surface area contributed by atoms with Crippen LogP contribution in [0.5, 0.6) is 5.75 Å². The van der Waals surface area contributed by atoms with Crippen molar-refractivity contribution in [3.8, 4) is 5.75 Å². The Morgan fingerprint density at radius 1 is 1.21 bits per heavy atom. The van der Waals surface area contributed by atoms with E-state index >= 15 is 0 Å². The van der Waals surface area contributed by atoms with Gasteiger partial charge in [-0.1, -0.05) is 0 Å². The molecule has 1 aliphatic rings. The topological polar surface area (TPSA) is 77.3 Å². The normalized spacial score (nSPS) is 15.0. The van der Waals surface area contributed by atoms with Gasteiger partial charge in [0, 0.05) is 55.6 Å². The first-order valence-electron chi connectivity index (χ1n) is 9.32. The summed E-state index contributed by atoms with van der Waals surface area (Å²) in [4.78, 5) is 35.6. The number of hydrogen-bond acceptors (Lipinski definition) is 5. The van der Waals surface area contributed by atoms with Gasteiger partial charge in [-0.2, -0.15) is 0 Å². The van der Waals surface area contributed by atoms with Gasteiger partial charge in [-0.15, -0.1) is 0 Å². The fourth-order valence-corrected chi connectivity index (χ4v) is 3.69. The summed E-state index contributed by atoms with van der Waals surface area (Å²) in [6, 6.07) is 9.37. The summed E-state index contributed by atoms with van der Waals surface area (Å²) in [6.07, 6.45) is 4.98. The third kappa shape index (κ3) is 3.35. The van der Waals surface area contributed by atoms with Crippen molar-refractivity contribution in [1.82, 2.24) is 19.4 Å².